The predicted molar refractivity (Wildman–Crippen MR) is 99.0 cm³/mol. The van der Waals surface area contributed by atoms with E-state index in [1.54, 1.807) is 47.5 Å². The first kappa shape index (κ1) is 17.8. The average molecular weight is 421 g/mol. The van der Waals surface area contributed by atoms with Crippen molar-refractivity contribution in [1.29, 1.82) is 0 Å². The van der Waals surface area contributed by atoms with Crippen LogP contribution in [0.25, 0.3) is 0 Å². The third kappa shape index (κ3) is 4.16. The molecule has 1 aliphatic heterocycles. The summed E-state index contributed by atoms with van der Waals surface area (Å²) in [5.74, 6) is -0.330. The van der Waals surface area contributed by atoms with Gasteiger partial charge in [0.15, 0.2) is 0 Å². The zero-order chi connectivity index (χ0) is 18.0. The molecule has 3 amide bonds. The zero-order valence-corrected chi connectivity index (χ0v) is 16.1. The molecule has 0 spiro atoms. The van der Waals surface area contributed by atoms with Gasteiger partial charge in [0.05, 0.1) is 16.9 Å². The lowest BCUT2D eigenvalue weighted by atomic mass is 10.1. The molecular weight excluding hydrogens is 404 g/mol. The van der Waals surface area contributed by atoms with Crippen molar-refractivity contribution in [3.63, 3.8) is 0 Å². The molecule has 0 aliphatic carbocycles. The lowest BCUT2D eigenvalue weighted by Gasteiger charge is -2.17. The summed E-state index contributed by atoms with van der Waals surface area (Å²) in [6.45, 7) is 0.818. The van der Waals surface area contributed by atoms with Crippen LogP contribution in [0.5, 0.6) is 0 Å². The fraction of sp³-hybridized carbons (Fsp3) is 0.278. The molecule has 1 fully saturated rings. The van der Waals surface area contributed by atoms with Gasteiger partial charge in [-0.25, -0.2) is 0 Å². The van der Waals surface area contributed by atoms with Crippen LogP contribution < -0.4 is 0 Å². The van der Waals surface area contributed by atoms with Crippen molar-refractivity contribution in [2.45, 2.75) is 25.9 Å². The van der Waals surface area contributed by atoms with Crippen molar-refractivity contribution in [1.82, 2.24) is 9.80 Å². The van der Waals surface area contributed by atoms with Gasteiger partial charge in [0.2, 0.25) is 11.8 Å². The summed E-state index contributed by atoms with van der Waals surface area (Å²) in [7, 11) is 1.77. The Morgan fingerprint density at radius 2 is 1.76 bits per heavy atom. The highest BCUT2D eigenvalue weighted by Crippen LogP contribution is 2.23. The SMILES string of the molecule is CN(Cc1ccc(Br)s1)C(=O)c1ccc(CN2C(=O)CCC2=O)cc1. The second kappa shape index (κ2) is 7.49. The number of rotatable bonds is 5. The molecule has 3 rings (SSSR count). The quantitative estimate of drug-likeness (QED) is 0.696. The van der Waals surface area contributed by atoms with Crippen LogP contribution >= 0.6 is 27.3 Å². The van der Waals surface area contributed by atoms with Gasteiger partial charge in [-0.1, -0.05) is 12.1 Å². The minimum absolute atomic E-state index is 0.0654. The highest BCUT2D eigenvalue weighted by molar-refractivity contribution is 9.11. The molecule has 1 aromatic heterocycles. The zero-order valence-electron chi connectivity index (χ0n) is 13.7. The molecule has 1 saturated heterocycles. The van der Waals surface area contributed by atoms with Crippen molar-refractivity contribution in [2.75, 3.05) is 7.05 Å². The number of carbonyl (C=O) groups excluding carboxylic acids is 3. The van der Waals surface area contributed by atoms with Gasteiger partial charge in [-0.15, -0.1) is 11.3 Å². The Balaban J connectivity index is 1.64. The molecule has 0 bridgehead atoms. The number of likely N-dealkylation sites (tertiary alicyclic amines) is 1. The molecule has 0 unspecified atom stereocenters. The standard InChI is InChI=1S/C18H17BrN2O3S/c1-20(11-14-6-7-15(19)25-14)18(24)13-4-2-12(3-5-13)10-21-16(22)8-9-17(21)23/h2-7H,8-11H2,1H3. The Morgan fingerprint density at radius 3 is 2.32 bits per heavy atom. The summed E-state index contributed by atoms with van der Waals surface area (Å²) in [6.07, 6.45) is 0.581. The monoisotopic (exact) mass is 420 g/mol. The third-order valence-corrected chi connectivity index (χ3v) is 5.67. The van der Waals surface area contributed by atoms with E-state index in [4.69, 9.17) is 0 Å². The topological polar surface area (TPSA) is 57.7 Å². The van der Waals surface area contributed by atoms with E-state index < -0.39 is 0 Å². The summed E-state index contributed by atoms with van der Waals surface area (Å²) >= 11 is 5.02. The van der Waals surface area contributed by atoms with Crippen LogP contribution in [-0.4, -0.2) is 34.6 Å². The second-order valence-corrected chi connectivity index (χ2v) is 8.49. The summed E-state index contributed by atoms with van der Waals surface area (Å²) in [6, 6.07) is 11.0. The number of hydrogen-bond donors (Lipinski definition) is 0. The lowest BCUT2D eigenvalue weighted by Crippen LogP contribution is -2.28. The Bertz CT molecular complexity index is 800. The van der Waals surface area contributed by atoms with E-state index in [2.05, 4.69) is 15.9 Å². The number of carbonyl (C=O) groups is 3. The number of halogens is 1. The number of thiophene rings is 1. The lowest BCUT2D eigenvalue weighted by molar-refractivity contribution is -0.139. The fourth-order valence-electron chi connectivity index (χ4n) is 2.70. The van der Waals surface area contributed by atoms with Gasteiger partial charge in [0.1, 0.15) is 0 Å². The van der Waals surface area contributed by atoms with Crippen molar-refractivity contribution >= 4 is 45.0 Å². The smallest absolute Gasteiger partial charge is 0.253 e. The van der Waals surface area contributed by atoms with Gasteiger partial charge in [-0.05, 0) is 45.8 Å². The van der Waals surface area contributed by atoms with Crippen LogP contribution in [0.1, 0.15) is 33.6 Å². The maximum atomic E-state index is 12.5. The van der Waals surface area contributed by atoms with Crippen molar-refractivity contribution in [3.8, 4) is 0 Å². The molecule has 0 atom stereocenters. The van der Waals surface area contributed by atoms with Crippen LogP contribution in [-0.2, 0) is 22.7 Å². The Kier molecular flexibility index (Phi) is 5.34. The molecule has 1 aliphatic rings. The minimum atomic E-state index is -0.132. The van der Waals surface area contributed by atoms with Gasteiger partial charge < -0.3 is 4.90 Å². The van der Waals surface area contributed by atoms with Crippen LogP contribution in [0.3, 0.4) is 0 Å². The van der Waals surface area contributed by atoms with Gasteiger partial charge in [0, 0.05) is 30.3 Å². The average Bonchev–Trinajstić information content (AvgIpc) is 3.14. The van der Waals surface area contributed by atoms with Gasteiger partial charge in [0.25, 0.3) is 5.91 Å². The maximum Gasteiger partial charge on any atom is 0.253 e. The molecule has 1 aromatic carbocycles. The van der Waals surface area contributed by atoms with Gasteiger partial charge in [-0.2, -0.15) is 0 Å². The molecular formula is C18H17BrN2O3S. The predicted octanol–water partition coefficient (Wildman–Crippen LogP) is 3.43. The molecule has 2 aromatic rings. The molecule has 130 valence electrons. The van der Waals surface area contributed by atoms with Crippen LogP contribution in [0.15, 0.2) is 40.2 Å². The van der Waals surface area contributed by atoms with E-state index in [0.717, 1.165) is 14.2 Å². The Morgan fingerprint density at radius 1 is 1.12 bits per heavy atom. The van der Waals surface area contributed by atoms with Crippen LogP contribution in [0.2, 0.25) is 0 Å². The Hall–Kier alpha value is -1.99. The fourth-order valence-corrected chi connectivity index (χ4v) is 4.23. The highest BCUT2D eigenvalue weighted by Gasteiger charge is 2.28. The second-order valence-electron chi connectivity index (χ2n) is 5.94. The number of hydrogen-bond acceptors (Lipinski definition) is 4. The highest BCUT2D eigenvalue weighted by atomic mass is 79.9. The van der Waals surface area contributed by atoms with E-state index in [1.165, 1.54) is 4.90 Å². The van der Waals surface area contributed by atoms with E-state index >= 15 is 0 Å². The van der Waals surface area contributed by atoms with Crippen LogP contribution in [0, 0.1) is 0 Å². The molecule has 2 heterocycles. The first-order valence-corrected chi connectivity index (χ1v) is 9.47. The van der Waals surface area contributed by atoms with Gasteiger partial charge >= 0.3 is 0 Å². The number of amides is 3. The summed E-state index contributed by atoms with van der Waals surface area (Å²) in [5, 5.41) is 0. The third-order valence-electron chi connectivity index (χ3n) is 4.06. The summed E-state index contributed by atoms with van der Waals surface area (Å²) < 4.78 is 1.04. The molecule has 5 nitrogen and oxygen atoms in total. The van der Waals surface area contributed by atoms with E-state index in [-0.39, 0.29) is 24.3 Å². The molecule has 0 N–H and O–H groups in total. The van der Waals surface area contributed by atoms with E-state index in [9.17, 15) is 14.4 Å². The van der Waals surface area contributed by atoms with Crippen molar-refractivity contribution in [2.24, 2.45) is 0 Å². The molecule has 25 heavy (non-hydrogen) atoms. The van der Waals surface area contributed by atoms with Crippen molar-refractivity contribution in [3.05, 3.63) is 56.2 Å². The van der Waals surface area contributed by atoms with Crippen LogP contribution in [0.4, 0.5) is 0 Å². The number of nitrogens with zero attached hydrogens (tertiary/aromatic N) is 2. The molecule has 0 saturated carbocycles. The molecule has 0 radical (unpaired) electrons. The summed E-state index contributed by atoms with van der Waals surface area (Å²) in [5.41, 5.74) is 1.42. The normalized spacial score (nSPS) is 14.2. The maximum absolute atomic E-state index is 12.5. The van der Waals surface area contributed by atoms with E-state index in [0.29, 0.717) is 24.9 Å². The Labute approximate surface area is 158 Å². The first-order valence-electron chi connectivity index (χ1n) is 7.86. The molecule has 7 heteroatoms. The summed E-state index contributed by atoms with van der Waals surface area (Å²) in [4.78, 5) is 39.9. The van der Waals surface area contributed by atoms with E-state index in [1.807, 2.05) is 12.1 Å². The van der Waals surface area contributed by atoms with Crippen molar-refractivity contribution < 1.29 is 14.4 Å². The largest absolute Gasteiger partial charge is 0.337 e. The number of imide groups is 1. The first-order chi connectivity index (χ1) is 11.9. The minimum Gasteiger partial charge on any atom is -0.337 e. The number of benzene rings is 1. The van der Waals surface area contributed by atoms with Gasteiger partial charge in [-0.3, -0.25) is 19.3 Å².